The van der Waals surface area contributed by atoms with Gasteiger partial charge < -0.3 is 15.2 Å². The van der Waals surface area contributed by atoms with Gasteiger partial charge in [-0.2, -0.15) is 0 Å². The molecule has 0 aromatic carbocycles. The minimum Gasteiger partial charge on any atom is -0.356 e. The third-order valence-electron chi connectivity index (χ3n) is 4.52. The van der Waals surface area contributed by atoms with Gasteiger partial charge >= 0.3 is 0 Å². The number of H-pyrrole nitrogens is 1. The maximum Gasteiger partial charge on any atom is 0.142 e. The van der Waals surface area contributed by atoms with Crippen molar-refractivity contribution in [2.24, 2.45) is 5.92 Å². The summed E-state index contributed by atoms with van der Waals surface area (Å²) in [7, 11) is 4.21. The Kier molecular flexibility index (Phi) is 3.87. The fourth-order valence-electron chi connectivity index (χ4n) is 3.34. The Bertz CT molecular complexity index is 556. The van der Waals surface area contributed by atoms with Crippen molar-refractivity contribution < 1.29 is 0 Å². The summed E-state index contributed by atoms with van der Waals surface area (Å²) in [5.41, 5.74) is 0.922. The van der Waals surface area contributed by atoms with Crippen LogP contribution in [0.15, 0.2) is 18.6 Å². The molecular weight excluding hydrogens is 250 g/mol. The Morgan fingerprint density at radius 3 is 2.85 bits per heavy atom. The fraction of sp³-hybridized carbons (Fsp3) is 0.600. The molecule has 5 nitrogen and oxygen atoms in total. The minimum absolute atomic E-state index is 0.594. The number of nitrogens with zero attached hydrogens (tertiary/aromatic N) is 3. The zero-order chi connectivity index (χ0) is 13.9. The third-order valence-corrected chi connectivity index (χ3v) is 4.52. The van der Waals surface area contributed by atoms with Crippen molar-refractivity contribution >= 4 is 16.9 Å². The van der Waals surface area contributed by atoms with Gasteiger partial charge in [0.25, 0.3) is 0 Å². The van der Waals surface area contributed by atoms with Gasteiger partial charge in [-0.1, -0.05) is 0 Å². The van der Waals surface area contributed by atoms with Gasteiger partial charge in [0, 0.05) is 19.3 Å². The molecule has 2 heterocycles. The van der Waals surface area contributed by atoms with E-state index in [-0.39, 0.29) is 0 Å². The molecule has 0 aliphatic heterocycles. The molecule has 1 aliphatic carbocycles. The third kappa shape index (κ3) is 2.50. The normalized spacial score (nSPS) is 23.1. The van der Waals surface area contributed by atoms with Crippen LogP contribution >= 0.6 is 0 Å². The van der Waals surface area contributed by atoms with Crippen LogP contribution in [0.1, 0.15) is 25.7 Å². The molecule has 0 bridgehead atoms. The van der Waals surface area contributed by atoms with Gasteiger partial charge in [-0.15, -0.1) is 0 Å². The molecule has 3 rings (SSSR count). The predicted molar refractivity (Wildman–Crippen MR) is 82.0 cm³/mol. The number of nitrogens with one attached hydrogen (secondary N) is 2. The highest BCUT2D eigenvalue weighted by Gasteiger charge is 2.25. The van der Waals surface area contributed by atoms with Gasteiger partial charge in [-0.3, -0.25) is 0 Å². The van der Waals surface area contributed by atoms with Crippen LogP contribution in [0, 0.1) is 5.92 Å². The lowest BCUT2D eigenvalue weighted by molar-refractivity contribution is 0.314. The molecule has 0 amide bonds. The molecule has 0 atom stereocenters. The molecule has 1 saturated carbocycles. The van der Waals surface area contributed by atoms with Gasteiger partial charge in [0.15, 0.2) is 0 Å². The van der Waals surface area contributed by atoms with Crippen molar-refractivity contribution in [3.8, 4) is 0 Å². The highest BCUT2D eigenvalue weighted by Crippen LogP contribution is 2.31. The molecular formula is C15H23N5. The predicted octanol–water partition coefficient (Wildman–Crippen LogP) is 2.17. The summed E-state index contributed by atoms with van der Waals surface area (Å²) < 4.78 is 0. The van der Waals surface area contributed by atoms with E-state index in [1.807, 2.05) is 13.2 Å². The summed E-state index contributed by atoms with van der Waals surface area (Å²) in [5.74, 6) is 1.88. The number of aromatic amines is 1. The molecule has 20 heavy (non-hydrogen) atoms. The van der Waals surface area contributed by atoms with E-state index in [1.165, 1.54) is 25.7 Å². The largest absolute Gasteiger partial charge is 0.356 e. The van der Waals surface area contributed by atoms with Gasteiger partial charge in [-0.25, -0.2) is 9.97 Å². The van der Waals surface area contributed by atoms with E-state index in [1.54, 1.807) is 6.33 Å². The van der Waals surface area contributed by atoms with Gasteiger partial charge in [0.2, 0.25) is 0 Å². The van der Waals surface area contributed by atoms with E-state index in [4.69, 9.17) is 0 Å². The molecule has 0 saturated heterocycles. The van der Waals surface area contributed by atoms with Crippen LogP contribution in [0.4, 0.5) is 5.82 Å². The highest BCUT2D eigenvalue weighted by atomic mass is 15.2. The first-order valence-electron chi connectivity index (χ1n) is 7.45. The first-order valence-corrected chi connectivity index (χ1v) is 7.45. The Morgan fingerprint density at radius 1 is 1.30 bits per heavy atom. The van der Waals surface area contributed by atoms with Crippen LogP contribution in [0.25, 0.3) is 11.0 Å². The maximum atomic E-state index is 4.49. The summed E-state index contributed by atoms with van der Waals surface area (Å²) in [6.45, 7) is 1.14. The Morgan fingerprint density at radius 2 is 2.10 bits per heavy atom. The minimum atomic E-state index is 0.594. The molecule has 2 N–H and O–H groups in total. The molecule has 2 aromatic heterocycles. The number of rotatable bonds is 4. The Hall–Kier alpha value is -1.62. The second-order valence-corrected chi connectivity index (χ2v) is 5.78. The monoisotopic (exact) mass is 273 g/mol. The van der Waals surface area contributed by atoms with Crippen molar-refractivity contribution in [1.82, 2.24) is 20.3 Å². The van der Waals surface area contributed by atoms with Crippen LogP contribution in [-0.2, 0) is 0 Å². The maximum absolute atomic E-state index is 4.49. The van der Waals surface area contributed by atoms with Crippen LogP contribution in [0.3, 0.4) is 0 Å². The summed E-state index contributed by atoms with van der Waals surface area (Å²) >= 11 is 0. The number of hydrogen-bond donors (Lipinski definition) is 2. The molecule has 0 unspecified atom stereocenters. The van der Waals surface area contributed by atoms with Crippen LogP contribution in [-0.4, -0.2) is 41.6 Å². The lowest BCUT2D eigenvalue weighted by Crippen LogP contribution is -2.37. The van der Waals surface area contributed by atoms with Crippen molar-refractivity contribution in [3.63, 3.8) is 0 Å². The average molecular weight is 273 g/mol. The van der Waals surface area contributed by atoms with E-state index < -0.39 is 0 Å². The lowest BCUT2D eigenvalue weighted by Gasteiger charge is -2.35. The first kappa shape index (κ1) is 13.4. The molecule has 2 aromatic rings. The quantitative estimate of drug-likeness (QED) is 0.896. The van der Waals surface area contributed by atoms with Crippen LogP contribution in [0.2, 0.25) is 0 Å². The van der Waals surface area contributed by atoms with Gasteiger partial charge in [-0.05, 0) is 51.3 Å². The van der Waals surface area contributed by atoms with Crippen LogP contribution in [0.5, 0.6) is 0 Å². The molecule has 1 aliphatic rings. The van der Waals surface area contributed by atoms with E-state index in [0.29, 0.717) is 6.04 Å². The summed E-state index contributed by atoms with van der Waals surface area (Å²) in [6.07, 6.45) is 8.68. The lowest BCUT2D eigenvalue weighted by atomic mass is 9.85. The zero-order valence-electron chi connectivity index (χ0n) is 12.3. The Labute approximate surface area is 119 Å². The summed E-state index contributed by atoms with van der Waals surface area (Å²) in [4.78, 5) is 14.3. The second kappa shape index (κ2) is 5.79. The Balaban J connectivity index is 1.73. The molecule has 0 spiro atoms. The van der Waals surface area contributed by atoms with Gasteiger partial charge in [0.1, 0.15) is 17.8 Å². The number of fused-ring (bicyclic) bond motifs is 1. The number of anilines is 1. The first-order chi connectivity index (χ1) is 9.79. The zero-order valence-corrected chi connectivity index (χ0v) is 12.3. The SMILES string of the molecule is CNCC1CCC(N(C)c2ncnc3[nH]ccc23)CC1. The van der Waals surface area contributed by atoms with E-state index in [9.17, 15) is 0 Å². The summed E-state index contributed by atoms with van der Waals surface area (Å²) in [5, 5.41) is 4.41. The van der Waals surface area contributed by atoms with Crippen molar-refractivity contribution in [1.29, 1.82) is 0 Å². The standard InChI is InChI=1S/C15H23N5/c1-16-9-11-3-5-12(6-4-11)20(2)15-13-7-8-17-14(13)18-10-19-15/h7-8,10-12,16H,3-6,9H2,1-2H3,(H,17,18,19). The fourth-order valence-corrected chi connectivity index (χ4v) is 3.34. The molecule has 108 valence electrons. The topological polar surface area (TPSA) is 56.8 Å². The van der Waals surface area contributed by atoms with E-state index in [0.717, 1.165) is 29.3 Å². The highest BCUT2D eigenvalue weighted by molar-refractivity contribution is 5.87. The average Bonchev–Trinajstić information content (AvgIpc) is 2.96. The van der Waals surface area contributed by atoms with Crippen molar-refractivity contribution in [3.05, 3.63) is 18.6 Å². The number of hydrogen-bond acceptors (Lipinski definition) is 4. The van der Waals surface area contributed by atoms with E-state index >= 15 is 0 Å². The second-order valence-electron chi connectivity index (χ2n) is 5.78. The smallest absolute Gasteiger partial charge is 0.142 e. The van der Waals surface area contributed by atoms with Crippen LogP contribution < -0.4 is 10.2 Å². The van der Waals surface area contributed by atoms with Crippen molar-refractivity contribution in [2.45, 2.75) is 31.7 Å². The molecule has 0 radical (unpaired) electrons. The van der Waals surface area contributed by atoms with Gasteiger partial charge in [0.05, 0.1) is 5.39 Å². The summed E-state index contributed by atoms with van der Waals surface area (Å²) in [6, 6.07) is 2.66. The molecule has 5 heteroatoms. The number of aromatic nitrogens is 3. The van der Waals surface area contributed by atoms with Crippen molar-refractivity contribution in [2.75, 3.05) is 25.5 Å². The van der Waals surface area contributed by atoms with E-state index in [2.05, 4.69) is 38.3 Å². The molecule has 1 fully saturated rings.